The van der Waals surface area contributed by atoms with Crippen LogP contribution in [0.4, 0.5) is 0 Å². The minimum Gasteiger partial charge on any atom is -0.507 e. The van der Waals surface area contributed by atoms with Crippen molar-refractivity contribution in [1.82, 2.24) is 0 Å². The van der Waals surface area contributed by atoms with Crippen LogP contribution in [0.25, 0.3) is 32.7 Å². The molecule has 0 saturated carbocycles. The second-order valence-corrected chi connectivity index (χ2v) is 15.3. The summed E-state index contributed by atoms with van der Waals surface area (Å²) in [7, 11) is 0. The lowest BCUT2D eigenvalue weighted by atomic mass is 9.83. The second kappa shape index (κ2) is 16.8. The molecule has 6 aromatic rings. The Morgan fingerprint density at radius 1 is 0.500 bits per heavy atom. The average molecular weight is 753 g/mol. The van der Waals surface area contributed by atoms with Crippen LogP contribution in [-0.4, -0.2) is 56.2 Å². The van der Waals surface area contributed by atoms with Crippen LogP contribution in [0, 0.1) is 13.8 Å². The minimum atomic E-state index is -0.384. The van der Waals surface area contributed by atoms with E-state index < -0.39 is 0 Å². The lowest BCUT2D eigenvalue weighted by Gasteiger charge is -2.23. The number of aliphatic imine (C=N–C) groups is 2. The number of nitrogens with zero attached hydrogens (tertiary/aromatic N) is 2. The SMILES string of the molecule is Cc1cc2c(C(C)C)c(O)c(O)c(C=NCCCc3ccccc3)c2c(O)c1-c1c(C)cc2c(C(C)C)c(O)c(O)c(C=NCCCc3ccccc3)c2c1O. The largest absolute Gasteiger partial charge is 0.507 e. The third-order valence-corrected chi connectivity index (χ3v) is 10.6. The number of benzene rings is 6. The maximum atomic E-state index is 12.4. The summed E-state index contributed by atoms with van der Waals surface area (Å²) in [6, 6.07) is 23.9. The Bertz CT molecular complexity index is 2280. The molecule has 0 aliphatic carbocycles. The number of fused-ring (bicyclic) bond motifs is 2. The van der Waals surface area contributed by atoms with E-state index in [1.807, 2.05) is 90.1 Å². The Morgan fingerprint density at radius 2 is 0.857 bits per heavy atom. The van der Waals surface area contributed by atoms with E-state index >= 15 is 0 Å². The van der Waals surface area contributed by atoms with E-state index in [-0.39, 0.29) is 57.5 Å². The van der Waals surface area contributed by atoms with Gasteiger partial charge in [-0.25, -0.2) is 0 Å². The highest BCUT2D eigenvalue weighted by atomic mass is 16.3. The molecule has 0 spiro atoms. The molecule has 0 atom stereocenters. The number of aromatic hydroxyl groups is 6. The smallest absolute Gasteiger partial charge is 0.167 e. The predicted molar refractivity (Wildman–Crippen MR) is 229 cm³/mol. The molecule has 0 radical (unpaired) electrons. The van der Waals surface area contributed by atoms with Crippen molar-refractivity contribution in [2.45, 2.75) is 79.1 Å². The summed E-state index contributed by atoms with van der Waals surface area (Å²) in [5, 5.41) is 72.0. The highest BCUT2D eigenvalue weighted by Gasteiger charge is 2.29. The van der Waals surface area contributed by atoms with Crippen LogP contribution in [0.1, 0.15) is 96.9 Å². The summed E-state index contributed by atoms with van der Waals surface area (Å²) >= 11 is 0. The average Bonchev–Trinajstić information content (AvgIpc) is 3.16. The zero-order chi connectivity index (χ0) is 40.3. The van der Waals surface area contributed by atoms with Crippen LogP contribution in [0.15, 0.2) is 82.8 Å². The lowest BCUT2D eigenvalue weighted by molar-refractivity contribution is 0.398. The molecule has 0 saturated heterocycles. The molecule has 0 fully saturated rings. The molecule has 0 unspecified atom stereocenters. The van der Waals surface area contributed by atoms with Crippen molar-refractivity contribution in [2.75, 3.05) is 13.1 Å². The van der Waals surface area contributed by atoms with Crippen molar-refractivity contribution in [1.29, 1.82) is 0 Å². The fourth-order valence-corrected chi connectivity index (χ4v) is 7.97. The van der Waals surface area contributed by atoms with Crippen molar-refractivity contribution in [2.24, 2.45) is 9.98 Å². The van der Waals surface area contributed by atoms with E-state index in [9.17, 15) is 30.6 Å². The lowest BCUT2D eigenvalue weighted by Crippen LogP contribution is -2.01. The van der Waals surface area contributed by atoms with E-state index in [2.05, 4.69) is 34.3 Å². The maximum Gasteiger partial charge on any atom is 0.167 e. The van der Waals surface area contributed by atoms with Gasteiger partial charge in [-0.3, -0.25) is 9.98 Å². The standard InChI is InChI=1S/C48H52N2O6/c1-27(2)37-33-23-29(5)39(45(53)41(33)35(43(51)47(37)55)25-49-21-13-19-31-15-9-7-10-16-31)40-30(6)24-34-38(28(3)4)48(56)44(52)36(42(34)46(40)54)26-50-22-14-20-32-17-11-8-12-18-32/h7-12,15-18,23-28,51-56H,13-14,19-22H2,1-6H3. The monoisotopic (exact) mass is 752 g/mol. The summed E-state index contributed by atoms with van der Waals surface area (Å²) in [5.74, 6) is -2.10. The maximum absolute atomic E-state index is 12.4. The van der Waals surface area contributed by atoms with Crippen molar-refractivity contribution in [3.8, 4) is 45.6 Å². The van der Waals surface area contributed by atoms with Gasteiger partial charge in [0.2, 0.25) is 0 Å². The fourth-order valence-electron chi connectivity index (χ4n) is 7.97. The summed E-state index contributed by atoms with van der Waals surface area (Å²) < 4.78 is 0. The van der Waals surface area contributed by atoms with Crippen LogP contribution in [0.3, 0.4) is 0 Å². The van der Waals surface area contributed by atoms with Gasteiger partial charge in [0.25, 0.3) is 0 Å². The van der Waals surface area contributed by atoms with Gasteiger partial charge in [-0.2, -0.15) is 0 Å². The molecule has 0 heterocycles. The first-order chi connectivity index (χ1) is 26.8. The van der Waals surface area contributed by atoms with E-state index in [0.717, 1.165) is 25.7 Å². The van der Waals surface area contributed by atoms with Crippen LogP contribution in [-0.2, 0) is 12.8 Å². The molecule has 8 heteroatoms. The Morgan fingerprint density at radius 3 is 1.20 bits per heavy atom. The van der Waals surface area contributed by atoms with Gasteiger partial charge in [0.1, 0.15) is 11.5 Å². The molecular formula is C48H52N2O6. The minimum absolute atomic E-state index is 0.172. The molecule has 0 bridgehead atoms. The van der Waals surface area contributed by atoms with Crippen molar-refractivity contribution in [3.05, 3.63) is 117 Å². The van der Waals surface area contributed by atoms with Gasteiger partial charge in [0, 0.05) is 69.7 Å². The first kappa shape index (κ1) is 39.7. The van der Waals surface area contributed by atoms with Gasteiger partial charge < -0.3 is 30.6 Å². The van der Waals surface area contributed by atoms with Crippen molar-refractivity contribution in [3.63, 3.8) is 0 Å². The first-order valence-corrected chi connectivity index (χ1v) is 19.4. The molecule has 6 rings (SSSR count). The van der Waals surface area contributed by atoms with Crippen molar-refractivity contribution >= 4 is 34.0 Å². The van der Waals surface area contributed by atoms with Gasteiger partial charge in [0.15, 0.2) is 23.0 Å². The van der Waals surface area contributed by atoms with Crippen LogP contribution >= 0.6 is 0 Å². The third-order valence-electron chi connectivity index (χ3n) is 10.6. The zero-order valence-electron chi connectivity index (χ0n) is 33.1. The summed E-state index contributed by atoms with van der Waals surface area (Å²) in [4.78, 5) is 9.23. The normalized spacial score (nSPS) is 12.1. The second-order valence-electron chi connectivity index (χ2n) is 15.3. The molecule has 0 aromatic heterocycles. The van der Waals surface area contributed by atoms with Gasteiger partial charge in [-0.1, -0.05) is 100 Å². The molecule has 56 heavy (non-hydrogen) atoms. The molecule has 6 N–H and O–H groups in total. The van der Waals surface area contributed by atoms with Gasteiger partial charge in [-0.15, -0.1) is 0 Å². The molecule has 8 nitrogen and oxygen atoms in total. The summed E-state index contributed by atoms with van der Waals surface area (Å²) in [5.41, 5.74) is 5.60. The Balaban J connectivity index is 1.52. The number of rotatable bonds is 13. The number of aryl methyl sites for hydroxylation is 4. The number of hydrogen-bond acceptors (Lipinski definition) is 8. The predicted octanol–water partition coefficient (Wildman–Crippen LogP) is 10.9. The molecule has 290 valence electrons. The van der Waals surface area contributed by atoms with Crippen LogP contribution in [0.2, 0.25) is 0 Å². The number of hydrogen-bond donors (Lipinski definition) is 6. The Hall–Kier alpha value is -6.02. The Kier molecular flexibility index (Phi) is 11.9. The molecule has 6 aromatic carbocycles. The number of phenolic OH excluding ortho intramolecular Hbond substituents is 6. The van der Waals surface area contributed by atoms with Gasteiger partial charge in [0.05, 0.1) is 0 Å². The van der Waals surface area contributed by atoms with E-state index in [4.69, 9.17) is 0 Å². The first-order valence-electron chi connectivity index (χ1n) is 19.4. The van der Waals surface area contributed by atoms with E-state index in [0.29, 0.717) is 68.0 Å². The van der Waals surface area contributed by atoms with E-state index in [1.165, 1.54) is 23.6 Å². The van der Waals surface area contributed by atoms with Gasteiger partial charge >= 0.3 is 0 Å². The van der Waals surface area contributed by atoms with Gasteiger partial charge in [-0.05, 0) is 84.4 Å². The highest BCUT2D eigenvalue weighted by molar-refractivity contribution is 6.15. The highest BCUT2D eigenvalue weighted by Crippen LogP contribution is 2.54. The quantitative estimate of drug-likeness (QED) is 0.0393. The number of phenols is 6. The molecule has 0 aliphatic rings. The van der Waals surface area contributed by atoms with E-state index in [1.54, 1.807) is 0 Å². The topological polar surface area (TPSA) is 146 Å². The summed E-state index contributed by atoms with van der Waals surface area (Å²) in [6.07, 6.45) is 6.17. The summed E-state index contributed by atoms with van der Waals surface area (Å²) in [6.45, 7) is 12.2. The molecular weight excluding hydrogens is 701 g/mol. The van der Waals surface area contributed by atoms with Crippen LogP contribution < -0.4 is 0 Å². The zero-order valence-corrected chi connectivity index (χ0v) is 33.1. The molecule has 0 aliphatic heterocycles. The fraction of sp³-hybridized carbons (Fsp3) is 0.292. The van der Waals surface area contributed by atoms with Crippen LogP contribution in [0.5, 0.6) is 34.5 Å². The third kappa shape index (κ3) is 7.61. The molecule has 0 amide bonds. The van der Waals surface area contributed by atoms with Crippen molar-refractivity contribution < 1.29 is 30.6 Å². The Labute approximate surface area is 328 Å².